The Morgan fingerprint density at radius 2 is 0.815 bits per heavy atom. The number of para-hydroxylation sites is 2. The lowest BCUT2D eigenvalue weighted by molar-refractivity contribution is 0.215. The number of anilines is 8. The van der Waals surface area contributed by atoms with Crippen LogP contribution in [0.15, 0.2) is 200 Å². The van der Waals surface area contributed by atoms with E-state index in [9.17, 15) is 0 Å². The second-order valence-electron chi connectivity index (χ2n) is 28.3. The summed E-state index contributed by atoms with van der Waals surface area (Å²) in [6, 6.07) is 78.3. The summed E-state index contributed by atoms with van der Waals surface area (Å²) in [5.41, 5.74) is 26.1. The van der Waals surface area contributed by atoms with Crippen molar-refractivity contribution in [1.29, 1.82) is 0 Å². The Kier molecular flexibility index (Phi) is 12.2. The zero-order valence-corrected chi connectivity index (χ0v) is 50.3. The SMILES string of the molecule is CC(C)(C)c1ccc(C23CCCCC2(C)N(c2cc4c5c(c2)N(c2ccc(C(C)(C)C)cc2-c2ccccc2)c2cc(C(C)(C)C)ccc2B5c2ccccc2N4c2ccc(C(C)(C)C)cc2-c2ccccc2)c2ccccc23)cc1. The zero-order chi connectivity index (χ0) is 56.6. The second-order valence-corrected chi connectivity index (χ2v) is 28.3. The van der Waals surface area contributed by atoms with Gasteiger partial charge in [0.2, 0.25) is 0 Å². The molecule has 4 heteroatoms. The maximum absolute atomic E-state index is 2.84. The molecule has 0 bridgehead atoms. The van der Waals surface area contributed by atoms with Gasteiger partial charge in [-0.15, -0.1) is 0 Å². The van der Waals surface area contributed by atoms with Gasteiger partial charge in [0.15, 0.2) is 0 Å². The van der Waals surface area contributed by atoms with Crippen molar-refractivity contribution in [3.8, 4) is 22.3 Å². The summed E-state index contributed by atoms with van der Waals surface area (Å²) < 4.78 is 0. The highest BCUT2D eigenvalue weighted by atomic mass is 15.3. The van der Waals surface area contributed by atoms with Gasteiger partial charge in [0, 0.05) is 50.7 Å². The minimum atomic E-state index is -0.306. The standard InChI is InChI=1S/C77H80BN3/c1-72(2,3)53-34-36-54(37-35-53)77-45-25-24-44-76(77,13)81(66-32-22-20-30-61(66)77)58-49-69-71-70(50-58)80(65-43-40-56(74(7,8)9)47-60(65)52-28-18-15-19-29-52)68-48-57(75(10,11)12)38-41-63(68)78(71)62-31-21-23-33-67(62)79(69)64-42-39-55(73(4,5)6)46-59(64)51-26-16-14-17-27-51/h14-23,26-43,46-50H,24-25,44-45H2,1-13H3. The lowest BCUT2D eigenvalue weighted by atomic mass is 9.33. The van der Waals surface area contributed by atoms with Crippen LogP contribution >= 0.6 is 0 Å². The number of hydrogen-bond donors (Lipinski definition) is 0. The molecule has 3 aliphatic heterocycles. The van der Waals surface area contributed by atoms with Gasteiger partial charge in [0.25, 0.3) is 6.71 Å². The van der Waals surface area contributed by atoms with Crippen LogP contribution in [0, 0.1) is 0 Å². The summed E-state index contributed by atoms with van der Waals surface area (Å²) in [5.74, 6) is 0. The third kappa shape index (κ3) is 8.35. The van der Waals surface area contributed by atoms with E-state index in [0.717, 1.165) is 12.8 Å². The molecule has 1 aliphatic carbocycles. The van der Waals surface area contributed by atoms with Gasteiger partial charge in [0.1, 0.15) is 0 Å². The summed E-state index contributed by atoms with van der Waals surface area (Å²) in [7, 11) is 0. The highest BCUT2D eigenvalue weighted by molar-refractivity contribution is 7.00. The summed E-state index contributed by atoms with van der Waals surface area (Å²) in [6.07, 6.45) is 4.49. The number of hydrogen-bond acceptors (Lipinski definition) is 3. The molecule has 9 aromatic rings. The third-order valence-electron chi connectivity index (χ3n) is 19.2. The Morgan fingerprint density at radius 1 is 0.370 bits per heavy atom. The van der Waals surface area contributed by atoms with E-state index in [2.05, 4.69) is 305 Å². The van der Waals surface area contributed by atoms with E-state index in [-0.39, 0.29) is 39.3 Å². The average molecular weight is 1060 g/mol. The first-order chi connectivity index (χ1) is 38.6. The number of rotatable bonds is 6. The van der Waals surface area contributed by atoms with Crippen molar-refractivity contribution in [2.75, 3.05) is 14.7 Å². The average Bonchev–Trinajstić information content (AvgIpc) is 4.00. The molecule has 0 aromatic heterocycles. The molecule has 0 saturated heterocycles. The van der Waals surface area contributed by atoms with Gasteiger partial charge in [-0.25, -0.2) is 0 Å². The zero-order valence-electron chi connectivity index (χ0n) is 50.3. The molecule has 3 heterocycles. The minimum absolute atomic E-state index is 0.0450. The van der Waals surface area contributed by atoms with Gasteiger partial charge in [-0.3, -0.25) is 0 Å². The summed E-state index contributed by atoms with van der Waals surface area (Å²) in [5, 5.41) is 0. The summed E-state index contributed by atoms with van der Waals surface area (Å²) >= 11 is 0. The van der Waals surface area contributed by atoms with Crippen molar-refractivity contribution >= 4 is 68.6 Å². The van der Waals surface area contributed by atoms with Crippen molar-refractivity contribution in [3.63, 3.8) is 0 Å². The highest BCUT2D eigenvalue weighted by Gasteiger charge is 2.61. The van der Waals surface area contributed by atoms with Gasteiger partial charge in [-0.05, 0) is 157 Å². The molecular formula is C77H80BN3. The molecule has 0 radical (unpaired) electrons. The smallest absolute Gasteiger partial charge is 0.252 e. The normalized spacial score (nSPS) is 18.5. The molecule has 1 fully saturated rings. The third-order valence-corrected chi connectivity index (χ3v) is 19.2. The van der Waals surface area contributed by atoms with Crippen molar-refractivity contribution in [1.82, 2.24) is 0 Å². The van der Waals surface area contributed by atoms with Crippen LogP contribution in [-0.4, -0.2) is 12.3 Å². The monoisotopic (exact) mass is 1060 g/mol. The van der Waals surface area contributed by atoms with E-state index in [1.54, 1.807) is 0 Å². The Bertz CT molecular complexity index is 3900. The maximum Gasteiger partial charge on any atom is 0.252 e. The first-order valence-electron chi connectivity index (χ1n) is 30.0. The molecule has 4 aliphatic rings. The highest BCUT2D eigenvalue weighted by Crippen LogP contribution is 2.64. The molecule has 81 heavy (non-hydrogen) atoms. The van der Waals surface area contributed by atoms with E-state index in [4.69, 9.17) is 0 Å². The predicted molar refractivity (Wildman–Crippen MR) is 349 cm³/mol. The van der Waals surface area contributed by atoms with E-state index in [1.807, 2.05) is 0 Å². The molecule has 2 atom stereocenters. The first kappa shape index (κ1) is 52.8. The van der Waals surface area contributed by atoms with Crippen LogP contribution in [0.25, 0.3) is 22.3 Å². The fraction of sp³-hybridized carbons (Fsp3) is 0.299. The van der Waals surface area contributed by atoms with E-state index in [0.29, 0.717) is 0 Å². The Morgan fingerprint density at radius 3 is 1.37 bits per heavy atom. The van der Waals surface area contributed by atoms with Gasteiger partial charge >= 0.3 is 0 Å². The molecular weight excluding hydrogens is 978 g/mol. The van der Waals surface area contributed by atoms with Crippen LogP contribution in [0.4, 0.5) is 45.5 Å². The van der Waals surface area contributed by atoms with Crippen molar-refractivity contribution in [2.24, 2.45) is 0 Å². The molecule has 0 N–H and O–H groups in total. The molecule has 13 rings (SSSR count). The van der Waals surface area contributed by atoms with Crippen molar-refractivity contribution in [2.45, 2.75) is 148 Å². The van der Waals surface area contributed by atoms with Gasteiger partial charge in [-0.1, -0.05) is 242 Å². The molecule has 9 aromatic carbocycles. The van der Waals surface area contributed by atoms with Crippen LogP contribution in [0.1, 0.15) is 149 Å². The number of benzene rings is 9. The van der Waals surface area contributed by atoms with Crippen LogP contribution < -0.4 is 31.1 Å². The van der Waals surface area contributed by atoms with E-state index in [1.165, 1.54) is 130 Å². The van der Waals surface area contributed by atoms with Gasteiger partial charge in [-0.2, -0.15) is 0 Å². The summed E-state index contributed by atoms with van der Waals surface area (Å²) in [6.45, 7) is 30.7. The number of nitrogens with zero attached hydrogens (tertiary/aromatic N) is 3. The second kappa shape index (κ2) is 18.7. The Balaban J connectivity index is 1.18. The van der Waals surface area contributed by atoms with Crippen LogP contribution in [0.2, 0.25) is 0 Å². The van der Waals surface area contributed by atoms with Gasteiger partial charge in [0.05, 0.1) is 16.9 Å². The van der Waals surface area contributed by atoms with E-state index < -0.39 is 0 Å². The molecule has 3 nitrogen and oxygen atoms in total. The molecule has 2 unspecified atom stereocenters. The number of fused-ring (bicyclic) bond motifs is 7. The Hall–Kier alpha value is -7.56. The van der Waals surface area contributed by atoms with Crippen LogP contribution in [0.5, 0.6) is 0 Å². The fourth-order valence-electron chi connectivity index (χ4n) is 14.8. The summed E-state index contributed by atoms with van der Waals surface area (Å²) in [4.78, 5) is 8.21. The van der Waals surface area contributed by atoms with Crippen LogP contribution in [-0.2, 0) is 27.1 Å². The first-order valence-corrected chi connectivity index (χ1v) is 30.0. The quantitative estimate of drug-likeness (QED) is 0.154. The molecule has 0 spiro atoms. The molecule has 0 amide bonds. The van der Waals surface area contributed by atoms with Crippen molar-refractivity contribution < 1.29 is 0 Å². The fourth-order valence-corrected chi connectivity index (χ4v) is 14.8. The largest absolute Gasteiger partial charge is 0.334 e. The topological polar surface area (TPSA) is 9.72 Å². The van der Waals surface area contributed by atoms with E-state index >= 15 is 0 Å². The lowest BCUT2D eigenvalue weighted by Crippen LogP contribution is -2.61. The van der Waals surface area contributed by atoms with Crippen LogP contribution in [0.3, 0.4) is 0 Å². The lowest BCUT2D eigenvalue weighted by Gasteiger charge is -2.53. The van der Waals surface area contributed by atoms with Crippen molar-refractivity contribution in [3.05, 3.63) is 234 Å². The molecule has 1 saturated carbocycles. The van der Waals surface area contributed by atoms with Gasteiger partial charge < -0.3 is 14.7 Å². The maximum atomic E-state index is 2.84. The molecule has 406 valence electrons. The Labute approximate surface area is 484 Å². The predicted octanol–water partition coefficient (Wildman–Crippen LogP) is 19.1. The minimum Gasteiger partial charge on any atom is -0.334 e.